The highest BCUT2D eigenvalue weighted by Crippen LogP contribution is 2.41. The second-order valence-electron chi connectivity index (χ2n) is 16.5. The lowest BCUT2D eigenvalue weighted by Crippen LogP contribution is -2.58. The monoisotopic (exact) mass is 836 g/mol. The third-order valence-electron chi connectivity index (χ3n) is 12.2. The van der Waals surface area contributed by atoms with Crippen LogP contribution in [-0.4, -0.2) is 123 Å². The normalized spacial score (nSPS) is 24.6. The van der Waals surface area contributed by atoms with E-state index in [0.717, 1.165) is 87.1 Å². The van der Waals surface area contributed by atoms with Crippen LogP contribution in [-0.2, 0) is 27.5 Å². The van der Waals surface area contributed by atoms with E-state index in [-0.39, 0.29) is 41.8 Å². The van der Waals surface area contributed by atoms with E-state index in [1.807, 2.05) is 30.1 Å². The summed E-state index contributed by atoms with van der Waals surface area (Å²) < 4.78 is 49.4. The molecule has 1 aliphatic carbocycles. The van der Waals surface area contributed by atoms with Gasteiger partial charge in [-0.1, -0.05) is 6.07 Å². The number of rotatable bonds is 11. The zero-order valence-corrected chi connectivity index (χ0v) is 34.8. The number of nitrogens with zero attached hydrogens (tertiary/aromatic N) is 8. The average molecular weight is 837 g/mol. The summed E-state index contributed by atoms with van der Waals surface area (Å²) >= 11 is 5.76. The molecule has 7 rings (SSSR count). The summed E-state index contributed by atoms with van der Waals surface area (Å²) in [5, 5.41) is 20.9. The number of carbonyl (C=O) groups excluding carboxylic acids is 3. The van der Waals surface area contributed by atoms with Crippen molar-refractivity contribution in [2.45, 2.75) is 95.7 Å². The molecule has 3 aromatic rings. The fourth-order valence-electron chi connectivity index (χ4n) is 9.31. The Morgan fingerprint density at radius 2 is 1.76 bits per heavy atom. The standard InChI is InChI=1S/C41H51F3N10O4S/c1-25-23-50(24-26(2)51(25)18-16-46-33-8-6-7-31-35(33)49(5)48-36(31)52-17-15-34(55)47-38(52)57)19-20-58-30-13-11-28(12-14-30)54-39(59)53(37(56)40(54,3)4)29-10-9-27(22-45)32(21-29)41(42,43)44/h6-10,21,25-26,28,30,46H,11-20,23-24H2,1-5H3,(H,47,55,57)/t25-,26+,28?,30?. The van der Waals surface area contributed by atoms with Gasteiger partial charge in [0.25, 0.3) is 5.91 Å². The molecule has 4 amide bonds. The first-order valence-electron chi connectivity index (χ1n) is 20.2. The number of nitriles is 1. The number of hydrogen-bond donors (Lipinski definition) is 2. The van der Waals surface area contributed by atoms with Gasteiger partial charge in [-0.25, -0.2) is 4.79 Å². The van der Waals surface area contributed by atoms with E-state index in [2.05, 4.69) is 39.4 Å². The first-order chi connectivity index (χ1) is 28.0. The number of urea groups is 1. The molecule has 2 atom stereocenters. The van der Waals surface area contributed by atoms with Crippen LogP contribution in [0.1, 0.15) is 70.9 Å². The van der Waals surface area contributed by atoms with Crippen molar-refractivity contribution in [3.05, 3.63) is 47.5 Å². The number of halogens is 3. The first kappa shape index (κ1) is 42.3. The zero-order valence-electron chi connectivity index (χ0n) is 34.0. The van der Waals surface area contributed by atoms with Crippen molar-refractivity contribution in [1.82, 2.24) is 29.8 Å². The van der Waals surface area contributed by atoms with Crippen LogP contribution in [0.15, 0.2) is 36.4 Å². The predicted octanol–water partition coefficient (Wildman–Crippen LogP) is 5.46. The topological polar surface area (TPSA) is 142 Å². The van der Waals surface area contributed by atoms with Gasteiger partial charge in [-0.05, 0) is 95.9 Å². The molecule has 2 N–H and O–H groups in total. The molecule has 1 saturated carbocycles. The lowest BCUT2D eigenvalue weighted by atomic mass is 9.89. The minimum absolute atomic E-state index is 0.000726. The number of piperazine rings is 1. The van der Waals surface area contributed by atoms with E-state index in [4.69, 9.17) is 17.0 Å². The quantitative estimate of drug-likeness (QED) is 0.238. The number of benzene rings is 2. The van der Waals surface area contributed by atoms with E-state index in [9.17, 15) is 32.8 Å². The number of carbonyl (C=O) groups is 3. The maximum absolute atomic E-state index is 13.8. The minimum atomic E-state index is -4.75. The van der Waals surface area contributed by atoms with Crippen LogP contribution >= 0.6 is 12.2 Å². The van der Waals surface area contributed by atoms with Crippen LogP contribution in [0.5, 0.6) is 0 Å². The second kappa shape index (κ2) is 16.7. The highest BCUT2D eigenvalue weighted by molar-refractivity contribution is 7.80. The fourth-order valence-corrected chi connectivity index (χ4v) is 9.87. The number of anilines is 3. The molecular weight excluding hydrogens is 786 g/mol. The van der Waals surface area contributed by atoms with Crippen LogP contribution in [0.4, 0.5) is 35.2 Å². The van der Waals surface area contributed by atoms with Gasteiger partial charge in [0.05, 0.1) is 46.8 Å². The summed E-state index contributed by atoms with van der Waals surface area (Å²) in [7, 11) is 1.85. The van der Waals surface area contributed by atoms with Crippen molar-refractivity contribution < 1.29 is 32.3 Å². The maximum atomic E-state index is 13.8. The van der Waals surface area contributed by atoms with Gasteiger partial charge >= 0.3 is 12.2 Å². The molecule has 14 nitrogen and oxygen atoms in total. The van der Waals surface area contributed by atoms with E-state index < -0.39 is 34.8 Å². The van der Waals surface area contributed by atoms with Crippen LogP contribution < -0.4 is 20.4 Å². The maximum Gasteiger partial charge on any atom is 0.417 e. The number of fused-ring (bicyclic) bond motifs is 1. The van der Waals surface area contributed by atoms with Gasteiger partial charge in [-0.3, -0.25) is 39.2 Å². The Balaban J connectivity index is 0.869. The SMILES string of the molecule is C[C@@H]1CN(CCOC2CCC(N3C(=S)N(c4ccc(C#N)c(C(F)(F)F)c4)C(=O)C3(C)C)CC2)C[C@H](C)N1CCNc1cccc2c(N3CCC(=O)NC3=O)nn(C)c12. The van der Waals surface area contributed by atoms with Gasteiger partial charge in [0.2, 0.25) is 5.91 Å². The average Bonchev–Trinajstić information content (AvgIpc) is 3.60. The first-order valence-corrected chi connectivity index (χ1v) is 20.6. The van der Waals surface area contributed by atoms with E-state index >= 15 is 0 Å². The van der Waals surface area contributed by atoms with Crippen LogP contribution in [0.2, 0.25) is 0 Å². The molecule has 0 spiro atoms. The summed E-state index contributed by atoms with van der Waals surface area (Å²) in [4.78, 5) is 47.4. The molecule has 1 aromatic heterocycles. The van der Waals surface area contributed by atoms with Crippen molar-refractivity contribution in [1.29, 1.82) is 5.26 Å². The number of hydrogen-bond acceptors (Lipinski definition) is 10. The third kappa shape index (κ3) is 8.34. The number of ether oxygens (including phenoxy) is 1. The predicted molar refractivity (Wildman–Crippen MR) is 221 cm³/mol. The number of amides is 4. The molecule has 4 fully saturated rings. The Hall–Kier alpha value is -4.83. The van der Waals surface area contributed by atoms with Crippen molar-refractivity contribution in [3.8, 4) is 6.07 Å². The summed E-state index contributed by atoms with van der Waals surface area (Å²) in [6, 6.07) is 10.9. The van der Waals surface area contributed by atoms with Gasteiger partial charge < -0.3 is 15.0 Å². The largest absolute Gasteiger partial charge is 0.417 e. The molecule has 4 heterocycles. The Morgan fingerprint density at radius 1 is 1.05 bits per heavy atom. The number of alkyl halides is 3. The van der Waals surface area contributed by atoms with E-state index in [1.165, 1.54) is 15.9 Å². The number of imide groups is 1. The molecule has 3 saturated heterocycles. The van der Waals surface area contributed by atoms with E-state index in [1.54, 1.807) is 24.6 Å². The molecule has 0 radical (unpaired) electrons. The molecule has 0 unspecified atom stereocenters. The Morgan fingerprint density at radius 3 is 2.42 bits per heavy atom. The Labute approximate surface area is 347 Å². The molecule has 59 heavy (non-hydrogen) atoms. The van der Waals surface area contributed by atoms with Crippen LogP contribution in [0.3, 0.4) is 0 Å². The van der Waals surface area contributed by atoms with Crippen molar-refractivity contribution in [2.75, 3.05) is 61.0 Å². The lowest BCUT2D eigenvalue weighted by molar-refractivity contribution is -0.137. The Kier molecular flexibility index (Phi) is 12.0. The van der Waals surface area contributed by atoms with Crippen LogP contribution in [0, 0.1) is 11.3 Å². The minimum Gasteiger partial charge on any atom is -0.382 e. The summed E-state index contributed by atoms with van der Waals surface area (Å²) in [5.74, 6) is -0.154. The van der Waals surface area contributed by atoms with Crippen molar-refractivity contribution in [2.24, 2.45) is 7.05 Å². The molecule has 0 bridgehead atoms. The molecule has 3 aliphatic heterocycles. The molecule has 18 heteroatoms. The van der Waals surface area contributed by atoms with Crippen molar-refractivity contribution >= 4 is 63.3 Å². The molecule has 4 aliphatic rings. The summed E-state index contributed by atoms with van der Waals surface area (Å²) in [6.07, 6.45) is -1.45. The smallest absolute Gasteiger partial charge is 0.382 e. The summed E-state index contributed by atoms with van der Waals surface area (Å²) in [5.41, 5.74) is -0.841. The fraction of sp³-hybridized carbons (Fsp3) is 0.561. The van der Waals surface area contributed by atoms with Gasteiger partial charge in [0.1, 0.15) is 5.54 Å². The number of aromatic nitrogens is 2. The Bertz CT molecular complexity index is 2150. The third-order valence-corrected chi connectivity index (χ3v) is 12.6. The summed E-state index contributed by atoms with van der Waals surface area (Å²) in [6.45, 7) is 13.1. The van der Waals surface area contributed by atoms with Gasteiger partial charge in [0.15, 0.2) is 10.9 Å². The number of aryl methyl sites for hydroxylation is 1. The van der Waals surface area contributed by atoms with E-state index in [0.29, 0.717) is 24.5 Å². The van der Waals surface area contributed by atoms with Gasteiger partial charge in [-0.2, -0.15) is 23.5 Å². The van der Waals surface area contributed by atoms with Crippen molar-refractivity contribution in [3.63, 3.8) is 0 Å². The highest BCUT2D eigenvalue weighted by atomic mass is 32.1. The second-order valence-corrected chi connectivity index (χ2v) is 16.9. The highest BCUT2D eigenvalue weighted by Gasteiger charge is 2.52. The lowest BCUT2D eigenvalue weighted by Gasteiger charge is -2.44. The zero-order chi connectivity index (χ0) is 42.4. The number of para-hydroxylation sites is 1. The van der Waals surface area contributed by atoms with Gasteiger partial charge in [-0.15, -0.1) is 0 Å². The van der Waals surface area contributed by atoms with Crippen LogP contribution in [0.25, 0.3) is 10.9 Å². The molecule has 2 aromatic carbocycles. The number of thiocarbonyl (C=S) groups is 1. The number of nitrogens with one attached hydrogen (secondary N) is 2. The molecular formula is C41H51F3N10O4S. The van der Waals surface area contributed by atoms with Gasteiger partial charge in [0, 0.05) is 76.2 Å². The molecule has 316 valence electrons.